The number of hydrogen-bond acceptors (Lipinski definition) is 12. The first-order valence-corrected chi connectivity index (χ1v) is 23.2. The van der Waals surface area contributed by atoms with Gasteiger partial charge in [0.2, 0.25) is 47.3 Å². The van der Waals surface area contributed by atoms with Crippen molar-refractivity contribution in [2.24, 2.45) is 35.1 Å². The van der Waals surface area contributed by atoms with Crippen LogP contribution in [0.5, 0.6) is 0 Å². The lowest BCUT2D eigenvalue weighted by atomic mass is 9.94. The molecule has 1 rings (SSSR count). The van der Waals surface area contributed by atoms with E-state index in [9.17, 15) is 53.4 Å². The van der Waals surface area contributed by atoms with Gasteiger partial charge in [0.05, 0.1) is 18.7 Å². The summed E-state index contributed by atoms with van der Waals surface area (Å²) in [4.78, 5) is 121. The second-order valence-electron chi connectivity index (χ2n) is 18.3. The highest BCUT2D eigenvalue weighted by atomic mass is 16.4. The number of amides is 8. The molecule has 8 amide bonds. The number of carboxylic acid groups (broad SMARTS) is 1. The fraction of sp³-hybridized carbons (Fsp3) is 0.795. The molecule has 0 aromatic rings. The Morgan fingerprint density at radius 2 is 1.15 bits per heavy atom. The number of aliphatic hydroxyl groups excluding tert-OH is 1. The maximum Gasteiger partial charge on any atom is 0.326 e. The molecule has 0 spiro atoms. The van der Waals surface area contributed by atoms with E-state index >= 15 is 0 Å². The van der Waals surface area contributed by atoms with Crippen molar-refractivity contribution in [3.05, 3.63) is 0 Å². The van der Waals surface area contributed by atoms with Crippen LogP contribution in [0.1, 0.15) is 127 Å². The molecule has 1 saturated heterocycles. The first-order valence-electron chi connectivity index (χ1n) is 23.2. The van der Waals surface area contributed by atoms with Gasteiger partial charge in [-0.2, -0.15) is 0 Å². The fourth-order valence-corrected chi connectivity index (χ4v) is 7.34. The minimum Gasteiger partial charge on any atom is -0.480 e. The molecule has 1 aliphatic rings. The highest BCUT2D eigenvalue weighted by molar-refractivity contribution is 5.97. The molecule has 13 N–H and O–H groups in total. The molecule has 1 heterocycles. The number of aliphatic hydroxyl groups is 1. The van der Waals surface area contributed by atoms with Crippen molar-refractivity contribution in [3.63, 3.8) is 0 Å². The fourth-order valence-electron chi connectivity index (χ4n) is 7.34. The highest BCUT2D eigenvalue weighted by Crippen LogP contribution is 2.19. The van der Waals surface area contributed by atoms with Gasteiger partial charge in [-0.15, -0.1) is 0 Å². The van der Waals surface area contributed by atoms with Crippen molar-refractivity contribution in [2.75, 3.05) is 19.6 Å². The summed E-state index contributed by atoms with van der Waals surface area (Å²) in [5.74, 6) is -7.75. The number of carbonyl (C=O) groups excluding carboxylic acids is 8. The van der Waals surface area contributed by atoms with E-state index in [1.807, 2.05) is 34.6 Å². The van der Waals surface area contributed by atoms with Crippen LogP contribution in [0.2, 0.25) is 0 Å². The van der Waals surface area contributed by atoms with Gasteiger partial charge in [0, 0.05) is 6.54 Å². The van der Waals surface area contributed by atoms with Crippen LogP contribution in [0.15, 0.2) is 0 Å². The Morgan fingerprint density at radius 1 is 0.646 bits per heavy atom. The quantitative estimate of drug-likeness (QED) is 0.0407. The van der Waals surface area contributed by atoms with Gasteiger partial charge < -0.3 is 63.8 Å². The first-order chi connectivity index (χ1) is 30.4. The summed E-state index contributed by atoms with van der Waals surface area (Å²) >= 11 is 0. The lowest BCUT2D eigenvalue weighted by Gasteiger charge is -2.30. The summed E-state index contributed by atoms with van der Waals surface area (Å²) in [5, 5.41) is 38.5. The van der Waals surface area contributed by atoms with Gasteiger partial charge in [-0.1, -0.05) is 68.2 Å². The molecule has 372 valence electrons. The second-order valence-corrected chi connectivity index (χ2v) is 18.3. The van der Waals surface area contributed by atoms with Crippen molar-refractivity contribution in [1.29, 1.82) is 0 Å². The smallest absolute Gasteiger partial charge is 0.326 e. The molecule has 11 atom stereocenters. The van der Waals surface area contributed by atoms with Crippen molar-refractivity contribution >= 4 is 53.2 Å². The SMILES string of the molecule is CC[C@H](C)[C@H](NC(=O)[C@@H](NC(=O)[C@H](CC(C)C)NC(=O)[C@H](CC(C)C)NC(=O)CNC(=O)[C@@H](NC(=O)[C@H](CCCCN)NC(=O)[C@@H]1CCCN1C(=O)[C@H](C)N)[C@@H](C)O)[C@@H](C)CC)C(=O)O. The molecule has 0 aromatic heterocycles. The van der Waals surface area contributed by atoms with E-state index in [0.29, 0.717) is 51.6 Å². The van der Waals surface area contributed by atoms with E-state index in [2.05, 4.69) is 37.2 Å². The number of unbranched alkanes of at least 4 members (excludes halogenated alkanes) is 1. The third-order valence-electron chi connectivity index (χ3n) is 11.6. The van der Waals surface area contributed by atoms with E-state index < -0.39 is 120 Å². The highest BCUT2D eigenvalue weighted by Gasteiger charge is 2.38. The standard InChI is InChI=1S/C44H80N10O11/c1-11-25(7)34(42(62)52-35(44(64)65)26(8)12-2)51-39(59)31(21-24(5)6)50-38(58)30(20-23(3)4)48-33(56)22-47-41(61)36(28(10)55)53-37(57)29(16-13-14-18-45)49-40(60)32-17-15-19-54(32)43(63)27(9)46/h23-32,34-36,55H,11-22,45-46H2,1-10H3,(H,47,61)(H,48,56)(H,49,60)(H,50,58)(H,51,59)(H,52,62)(H,53,57)(H,64,65)/t25-,26-,27-,28+,29-,30-,31-,32-,34-,35-,36-/m0/s1. The zero-order valence-electron chi connectivity index (χ0n) is 40.2. The molecular formula is C44H80N10O11. The Hall–Kier alpha value is -4.89. The summed E-state index contributed by atoms with van der Waals surface area (Å²) < 4.78 is 0. The van der Waals surface area contributed by atoms with E-state index in [4.69, 9.17) is 11.5 Å². The van der Waals surface area contributed by atoms with Crippen molar-refractivity contribution in [1.82, 2.24) is 42.1 Å². The van der Waals surface area contributed by atoms with Crippen LogP contribution in [-0.2, 0) is 43.2 Å². The Labute approximate surface area is 384 Å². The molecule has 21 nitrogen and oxygen atoms in total. The number of likely N-dealkylation sites (tertiary alicyclic amines) is 1. The molecule has 1 fully saturated rings. The molecule has 0 aromatic carbocycles. The lowest BCUT2D eigenvalue weighted by molar-refractivity contribution is -0.144. The molecule has 0 unspecified atom stereocenters. The van der Waals surface area contributed by atoms with Crippen LogP contribution in [0, 0.1) is 23.7 Å². The average Bonchev–Trinajstić information content (AvgIpc) is 3.73. The van der Waals surface area contributed by atoms with Crippen LogP contribution in [-0.4, -0.2) is 142 Å². The third-order valence-corrected chi connectivity index (χ3v) is 11.6. The Kier molecular flexibility index (Phi) is 25.8. The maximum absolute atomic E-state index is 13.8. The van der Waals surface area contributed by atoms with Gasteiger partial charge in [-0.25, -0.2) is 4.79 Å². The topological polar surface area (TPSA) is 334 Å². The molecule has 0 saturated carbocycles. The van der Waals surface area contributed by atoms with Gasteiger partial charge in [0.1, 0.15) is 42.3 Å². The van der Waals surface area contributed by atoms with Crippen LogP contribution < -0.4 is 48.7 Å². The van der Waals surface area contributed by atoms with Crippen molar-refractivity contribution < 1.29 is 53.4 Å². The van der Waals surface area contributed by atoms with Gasteiger partial charge >= 0.3 is 5.97 Å². The molecule has 1 aliphatic heterocycles. The van der Waals surface area contributed by atoms with Crippen LogP contribution in [0.4, 0.5) is 0 Å². The Bertz CT molecular complexity index is 1610. The number of carboxylic acids is 1. The van der Waals surface area contributed by atoms with E-state index in [-0.39, 0.29) is 37.0 Å². The number of aliphatic carboxylic acids is 1. The minimum absolute atomic E-state index is 0.106. The Morgan fingerprint density at radius 3 is 1.66 bits per heavy atom. The number of nitrogens with two attached hydrogens (primary N) is 2. The predicted octanol–water partition coefficient (Wildman–Crippen LogP) is -0.872. The monoisotopic (exact) mass is 925 g/mol. The van der Waals surface area contributed by atoms with Crippen molar-refractivity contribution in [3.8, 4) is 0 Å². The zero-order chi connectivity index (χ0) is 49.7. The van der Waals surface area contributed by atoms with Crippen LogP contribution in [0.3, 0.4) is 0 Å². The summed E-state index contributed by atoms with van der Waals surface area (Å²) in [7, 11) is 0. The Balaban J connectivity index is 3.15. The summed E-state index contributed by atoms with van der Waals surface area (Å²) in [6.07, 6.45) is 1.83. The van der Waals surface area contributed by atoms with Crippen molar-refractivity contribution in [2.45, 2.75) is 181 Å². The predicted molar refractivity (Wildman–Crippen MR) is 243 cm³/mol. The number of nitrogens with one attached hydrogen (secondary N) is 7. The molecular weight excluding hydrogens is 845 g/mol. The molecule has 0 radical (unpaired) electrons. The number of rotatable bonds is 29. The van der Waals surface area contributed by atoms with Gasteiger partial charge in [-0.05, 0) is 89.0 Å². The maximum atomic E-state index is 13.8. The van der Waals surface area contributed by atoms with Gasteiger partial charge in [0.25, 0.3) is 0 Å². The lowest BCUT2D eigenvalue weighted by Crippen LogP contribution is -2.60. The van der Waals surface area contributed by atoms with E-state index in [1.165, 1.54) is 18.7 Å². The normalized spacial score (nSPS) is 18.4. The van der Waals surface area contributed by atoms with E-state index in [0.717, 1.165) is 0 Å². The summed E-state index contributed by atoms with van der Waals surface area (Å²) in [5.41, 5.74) is 11.4. The average molecular weight is 925 g/mol. The molecule has 21 heteroatoms. The summed E-state index contributed by atoms with van der Waals surface area (Å²) in [6.45, 7) is 17.1. The van der Waals surface area contributed by atoms with Crippen LogP contribution in [0.25, 0.3) is 0 Å². The number of carbonyl (C=O) groups is 9. The number of nitrogens with zero attached hydrogens (tertiary/aromatic N) is 1. The zero-order valence-corrected chi connectivity index (χ0v) is 40.2. The first kappa shape index (κ1) is 58.1. The largest absolute Gasteiger partial charge is 0.480 e. The minimum atomic E-state index is -1.57. The second kappa shape index (κ2) is 28.9. The molecule has 0 bridgehead atoms. The number of hydrogen-bond donors (Lipinski definition) is 11. The molecule has 0 aliphatic carbocycles. The third kappa shape index (κ3) is 19.6. The van der Waals surface area contributed by atoms with Gasteiger partial charge in [-0.3, -0.25) is 38.4 Å². The van der Waals surface area contributed by atoms with Crippen LogP contribution >= 0.6 is 0 Å². The summed E-state index contributed by atoms with van der Waals surface area (Å²) in [6, 6.07) is -9.01. The molecule has 65 heavy (non-hydrogen) atoms. The van der Waals surface area contributed by atoms with E-state index in [1.54, 1.807) is 20.8 Å². The van der Waals surface area contributed by atoms with Gasteiger partial charge in [0.15, 0.2) is 0 Å².